The molecule has 1 aliphatic rings. The molecule has 3 atom stereocenters. The molecule has 0 aliphatic heterocycles. The molecule has 0 aromatic heterocycles. The zero-order chi connectivity index (χ0) is 23.0. The van der Waals surface area contributed by atoms with Crippen LogP contribution in [0.2, 0.25) is 0 Å². The molecule has 3 heteroatoms. The highest BCUT2D eigenvalue weighted by molar-refractivity contribution is 5.13. The molecule has 0 bridgehead atoms. The molecule has 0 saturated heterocycles. The van der Waals surface area contributed by atoms with E-state index in [1.165, 1.54) is 37.7 Å². The number of ether oxygens (including phenoxy) is 2. The Morgan fingerprint density at radius 3 is 2.17 bits per heavy atom. The summed E-state index contributed by atoms with van der Waals surface area (Å²) in [7, 11) is 3.25. The highest BCUT2D eigenvalue weighted by atomic mass is 16.5. The molecule has 1 aromatic rings. The van der Waals surface area contributed by atoms with Crippen molar-refractivity contribution in [3.63, 3.8) is 0 Å². The lowest BCUT2D eigenvalue weighted by Gasteiger charge is -2.29. The van der Waals surface area contributed by atoms with Crippen LogP contribution in [-0.4, -0.2) is 27.6 Å². The van der Waals surface area contributed by atoms with Crippen LogP contribution in [0, 0.1) is 29.1 Å². The summed E-state index contributed by atoms with van der Waals surface area (Å²) in [6.45, 7) is 17.2. The fourth-order valence-electron chi connectivity index (χ4n) is 3.60. The van der Waals surface area contributed by atoms with E-state index in [4.69, 9.17) is 9.53 Å². The van der Waals surface area contributed by atoms with Crippen molar-refractivity contribution in [2.24, 2.45) is 29.1 Å². The first-order valence-electron chi connectivity index (χ1n) is 11.3. The number of rotatable bonds is 12. The largest absolute Gasteiger partial charge is 0.388 e. The van der Waals surface area contributed by atoms with Crippen LogP contribution in [0.25, 0.3) is 0 Å². The second-order valence-electron chi connectivity index (χ2n) is 9.37. The second kappa shape index (κ2) is 16.3. The van der Waals surface area contributed by atoms with Crippen molar-refractivity contribution in [3.05, 3.63) is 48.6 Å². The molecule has 0 amide bonds. The van der Waals surface area contributed by atoms with Gasteiger partial charge in [0.25, 0.3) is 0 Å². The van der Waals surface area contributed by atoms with Crippen LogP contribution in [0.3, 0.4) is 0 Å². The molecule has 174 valence electrons. The summed E-state index contributed by atoms with van der Waals surface area (Å²) in [6, 6.07) is 10.5. The van der Waals surface area contributed by atoms with E-state index in [1.807, 2.05) is 6.79 Å². The number of benzene rings is 1. The van der Waals surface area contributed by atoms with Gasteiger partial charge < -0.3 is 14.3 Å². The van der Waals surface area contributed by atoms with Crippen molar-refractivity contribution in [1.82, 2.24) is 0 Å². The summed E-state index contributed by atoms with van der Waals surface area (Å²) >= 11 is 0. The normalized spacial score (nSPS) is 16.9. The number of allylic oxidation sites excluding steroid dienone is 1. The number of hydrogen-bond donors (Lipinski definition) is 0. The smallest absolute Gasteiger partial charge is 0.106 e. The van der Waals surface area contributed by atoms with Gasteiger partial charge in [-0.1, -0.05) is 64.1 Å². The van der Waals surface area contributed by atoms with E-state index in [0.29, 0.717) is 23.2 Å². The van der Waals surface area contributed by atoms with Crippen LogP contribution in [0.15, 0.2) is 43.0 Å². The number of hydrogen-bond acceptors (Lipinski definition) is 3. The Morgan fingerprint density at radius 1 is 1.13 bits per heavy atom. The molecule has 0 spiro atoms. The zero-order valence-electron chi connectivity index (χ0n) is 20.4. The maximum absolute atomic E-state index is 8.00. The average molecular weight is 421 g/mol. The molecule has 0 heterocycles. The van der Waals surface area contributed by atoms with Crippen LogP contribution in [0.4, 0.5) is 0 Å². The first kappa shape index (κ1) is 28.5. The maximum atomic E-state index is 8.00. The lowest BCUT2D eigenvalue weighted by Crippen LogP contribution is -2.22. The fraction of sp³-hybridized carbons (Fsp3) is 0.667. The van der Waals surface area contributed by atoms with Gasteiger partial charge in [0.1, 0.15) is 6.79 Å². The molecule has 2 rings (SSSR count). The number of methoxy groups -OCH3 is 1. The van der Waals surface area contributed by atoms with Crippen LogP contribution in [-0.2, 0) is 20.9 Å². The molecule has 1 aliphatic carbocycles. The molecule has 0 radical (unpaired) electrons. The molecule has 30 heavy (non-hydrogen) atoms. The summed E-state index contributed by atoms with van der Waals surface area (Å²) in [6.07, 6.45) is 8.99. The molecule has 0 N–H and O–H groups in total. The van der Waals surface area contributed by atoms with Gasteiger partial charge in [0.2, 0.25) is 0 Å². The predicted octanol–water partition coefficient (Wildman–Crippen LogP) is 7.21. The first-order valence-corrected chi connectivity index (χ1v) is 11.3. The van der Waals surface area contributed by atoms with Gasteiger partial charge in [-0.2, -0.15) is 0 Å². The Labute approximate surface area is 187 Å². The summed E-state index contributed by atoms with van der Waals surface area (Å²) < 4.78 is 10.3. The highest BCUT2D eigenvalue weighted by Crippen LogP contribution is 2.50. The van der Waals surface area contributed by atoms with Crippen LogP contribution in [0.1, 0.15) is 66.8 Å². The molecular weight excluding hydrogens is 372 g/mol. The Kier molecular flexibility index (Phi) is 15.5. The van der Waals surface area contributed by atoms with Crippen molar-refractivity contribution in [2.75, 3.05) is 20.8 Å². The van der Waals surface area contributed by atoms with E-state index in [-0.39, 0.29) is 1.43 Å². The molecule has 1 aromatic carbocycles. The van der Waals surface area contributed by atoms with Crippen LogP contribution >= 0.6 is 0 Å². The predicted molar refractivity (Wildman–Crippen MR) is 131 cm³/mol. The molecule has 1 fully saturated rings. The van der Waals surface area contributed by atoms with Gasteiger partial charge in [-0.15, -0.1) is 6.58 Å². The van der Waals surface area contributed by atoms with Gasteiger partial charge in [-0.3, -0.25) is 0 Å². The fourth-order valence-corrected chi connectivity index (χ4v) is 3.60. The second-order valence-corrected chi connectivity index (χ2v) is 9.37. The Morgan fingerprint density at radius 2 is 1.70 bits per heavy atom. The van der Waals surface area contributed by atoms with Crippen molar-refractivity contribution in [1.29, 1.82) is 0 Å². The SMILES string of the molecule is C=C[C@@H](C[C@H](COCc1ccccc1)C(C)C)[C@@H](C)CCC1(C)CC1.C=O.COC.[HH]. The molecule has 3 nitrogen and oxygen atoms in total. The summed E-state index contributed by atoms with van der Waals surface area (Å²) in [4.78, 5) is 8.00. The van der Waals surface area contributed by atoms with Gasteiger partial charge in [0, 0.05) is 15.6 Å². The lowest BCUT2D eigenvalue weighted by molar-refractivity contribution is -0.0979. The molecular formula is C27H48O3. The topological polar surface area (TPSA) is 35.5 Å². The number of carbonyl (C=O) groups is 1. The Hall–Kier alpha value is -1.45. The van der Waals surface area contributed by atoms with E-state index in [2.05, 4.69) is 75.4 Å². The van der Waals surface area contributed by atoms with Crippen molar-refractivity contribution >= 4 is 6.79 Å². The third kappa shape index (κ3) is 12.3. The van der Waals surface area contributed by atoms with E-state index < -0.39 is 0 Å². The van der Waals surface area contributed by atoms with Gasteiger partial charge in [0.15, 0.2) is 0 Å². The minimum absolute atomic E-state index is 0. The summed E-state index contributed by atoms with van der Waals surface area (Å²) in [5.74, 6) is 2.58. The van der Waals surface area contributed by atoms with Crippen LogP contribution in [0.5, 0.6) is 0 Å². The van der Waals surface area contributed by atoms with E-state index >= 15 is 0 Å². The Bertz CT molecular complexity index is 543. The monoisotopic (exact) mass is 420 g/mol. The highest BCUT2D eigenvalue weighted by Gasteiger charge is 2.37. The lowest BCUT2D eigenvalue weighted by atomic mass is 9.79. The van der Waals surface area contributed by atoms with E-state index in [0.717, 1.165) is 19.1 Å². The average Bonchev–Trinajstić information content (AvgIpc) is 3.49. The number of carbonyl (C=O) groups excluding carboxylic acids is 1. The van der Waals surface area contributed by atoms with Gasteiger partial charge >= 0.3 is 0 Å². The maximum Gasteiger partial charge on any atom is 0.106 e. The third-order valence-electron chi connectivity index (χ3n) is 6.30. The first-order chi connectivity index (χ1) is 14.3. The Balaban J connectivity index is 0. The van der Waals surface area contributed by atoms with Crippen molar-refractivity contribution in [3.8, 4) is 0 Å². The van der Waals surface area contributed by atoms with Crippen molar-refractivity contribution < 1.29 is 15.7 Å². The summed E-state index contributed by atoms with van der Waals surface area (Å²) in [5.41, 5.74) is 1.92. The van der Waals surface area contributed by atoms with Crippen LogP contribution < -0.4 is 0 Å². The zero-order valence-corrected chi connectivity index (χ0v) is 20.4. The molecule has 0 unspecified atom stereocenters. The van der Waals surface area contributed by atoms with Gasteiger partial charge in [-0.25, -0.2) is 0 Å². The third-order valence-corrected chi connectivity index (χ3v) is 6.30. The minimum Gasteiger partial charge on any atom is -0.388 e. The summed E-state index contributed by atoms with van der Waals surface area (Å²) in [5, 5.41) is 0. The van der Waals surface area contributed by atoms with Gasteiger partial charge in [-0.05, 0) is 66.8 Å². The van der Waals surface area contributed by atoms with Gasteiger partial charge in [0.05, 0.1) is 13.2 Å². The van der Waals surface area contributed by atoms with E-state index in [9.17, 15) is 0 Å². The van der Waals surface area contributed by atoms with E-state index in [1.54, 1.807) is 14.2 Å². The minimum atomic E-state index is 0. The standard InChI is InChI=1S/C24H38O.C2H6O.CH2O.H2/c1-6-22(20(4)12-13-24(5)14-15-24)16-23(19(2)3)18-25-17-21-10-8-7-9-11-21;1-3-2;1-2;/h6-11,19-20,22-23H,1,12-18H2,2-5H3;1-2H3;1H2;1H/t20-,22-,23+;;;/m0.../s1. The van der Waals surface area contributed by atoms with Crippen molar-refractivity contribution in [2.45, 2.75) is 66.4 Å². The quantitative estimate of drug-likeness (QED) is 0.335. The molecule has 1 saturated carbocycles.